The molecule has 3 rings (SSSR count). The summed E-state index contributed by atoms with van der Waals surface area (Å²) >= 11 is 0.777. The lowest BCUT2D eigenvalue weighted by Crippen LogP contribution is -2.19. The zero-order valence-corrected chi connectivity index (χ0v) is 16.7. The van der Waals surface area contributed by atoms with Crippen molar-refractivity contribution in [2.45, 2.75) is 16.0 Å². The van der Waals surface area contributed by atoms with Gasteiger partial charge in [0.15, 0.2) is 11.7 Å². The number of hydrogen-bond donors (Lipinski definition) is 1. The van der Waals surface area contributed by atoms with Crippen LogP contribution < -0.4 is 10.1 Å². The molecule has 2 aromatic carbocycles. The highest BCUT2D eigenvalue weighted by Crippen LogP contribution is 2.29. The molecule has 0 atom stereocenters. The fraction of sp³-hybridized carbons (Fsp3) is 0.111. The molecule has 9 nitrogen and oxygen atoms in total. The number of amides is 1. The minimum Gasteiger partial charge on any atom is -0.484 e. The van der Waals surface area contributed by atoms with Crippen LogP contribution in [0.4, 0.5) is 10.8 Å². The van der Waals surface area contributed by atoms with Gasteiger partial charge in [-0.3, -0.25) is 20.2 Å². The third-order valence-electron chi connectivity index (χ3n) is 3.74. The molecule has 3 aromatic rings. The Hall–Kier alpha value is -3.31. The molecule has 0 saturated carbocycles. The normalized spacial score (nSPS) is 11.1. The quantitative estimate of drug-likeness (QED) is 0.447. The van der Waals surface area contributed by atoms with Gasteiger partial charge in [-0.25, -0.2) is 13.4 Å². The van der Waals surface area contributed by atoms with E-state index in [0.717, 1.165) is 47.4 Å². The first kappa shape index (κ1) is 20.4. The predicted octanol–water partition coefficient (Wildman–Crippen LogP) is 3.21. The Morgan fingerprint density at radius 3 is 2.45 bits per heavy atom. The molecule has 11 heteroatoms. The van der Waals surface area contributed by atoms with Gasteiger partial charge in [-0.1, -0.05) is 29.0 Å². The molecule has 0 aliphatic carbocycles. The maximum atomic E-state index is 12.6. The average Bonchev–Trinajstić information content (AvgIpc) is 3.17. The van der Waals surface area contributed by atoms with Crippen molar-refractivity contribution in [3.8, 4) is 5.75 Å². The van der Waals surface area contributed by atoms with Crippen molar-refractivity contribution >= 4 is 37.9 Å². The van der Waals surface area contributed by atoms with Crippen LogP contribution in [0.15, 0.2) is 63.8 Å². The van der Waals surface area contributed by atoms with Gasteiger partial charge in [0, 0.05) is 12.1 Å². The molecule has 150 valence electrons. The van der Waals surface area contributed by atoms with E-state index in [4.69, 9.17) is 4.74 Å². The lowest BCUT2D eigenvalue weighted by Gasteiger charge is -2.05. The topological polar surface area (TPSA) is 128 Å². The van der Waals surface area contributed by atoms with Gasteiger partial charge in [0.1, 0.15) is 9.96 Å². The Kier molecular flexibility index (Phi) is 5.89. The third kappa shape index (κ3) is 4.95. The van der Waals surface area contributed by atoms with Crippen molar-refractivity contribution in [2.24, 2.45) is 0 Å². The molecule has 0 saturated heterocycles. The smallest absolute Gasteiger partial charge is 0.269 e. The second-order valence-electron chi connectivity index (χ2n) is 5.89. The Balaban J connectivity index is 1.65. The van der Waals surface area contributed by atoms with Gasteiger partial charge in [0.2, 0.25) is 9.84 Å². The molecule has 0 radical (unpaired) electrons. The molecular formula is C18H15N3O6S2. The predicted molar refractivity (Wildman–Crippen MR) is 106 cm³/mol. The van der Waals surface area contributed by atoms with Gasteiger partial charge in [0.05, 0.1) is 16.0 Å². The largest absolute Gasteiger partial charge is 0.484 e. The van der Waals surface area contributed by atoms with E-state index in [1.54, 1.807) is 12.1 Å². The highest BCUT2D eigenvalue weighted by atomic mass is 32.2. The highest BCUT2D eigenvalue weighted by molar-refractivity contribution is 7.93. The molecule has 29 heavy (non-hydrogen) atoms. The van der Waals surface area contributed by atoms with Crippen LogP contribution in [0.3, 0.4) is 0 Å². The third-order valence-corrected chi connectivity index (χ3v) is 6.89. The summed E-state index contributed by atoms with van der Waals surface area (Å²) in [6.45, 7) is 1.67. The SMILES string of the molecule is Cc1ccc(OCC(=O)Nc2ncc(S(=O)(=O)c3ccc([N+](=O)[O-])cc3)s2)cc1. The number of carbonyl (C=O) groups is 1. The Morgan fingerprint density at radius 2 is 1.83 bits per heavy atom. The fourth-order valence-corrected chi connectivity index (χ4v) is 4.69. The number of anilines is 1. The zero-order valence-electron chi connectivity index (χ0n) is 15.1. The summed E-state index contributed by atoms with van der Waals surface area (Å²) in [5.74, 6) is 0.0468. The van der Waals surface area contributed by atoms with E-state index in [1.165, 1.54) is 0 Å². The van der Waals surface area contributed by atoms with Crippen LogP contribution in [0.2, 0.25) is 0 Å². The number of carbonyl (C=O) groups excluding carboxylic acids is 1. The van der Waals surface area contributed by atoms with Crippen LogP contribution in [-0.4, -0.2) is 30.8 Å². The number of sulfone groups is 1. The van der Waals surface area contributed by atoms with E-state index in [2.05, 4.69) is 10.3 Å². The van der Waals surface area contributed by atoms with Crippen molar-refractivity contribution in [2.75, 3.05) is 11.9 Å². The molecule has 1 aromatic heterocycles. The number of nitrogens with zero attached hydrogens (tertiary/aromatic N) is 2. The number of thiazole rings is 1. The number of non-ortho nitro benzene ring substituents is 1. The molecule has 1 N–H and O–H groups in total. The van der Waals surface area contributed by atoms with Crippen LogP contribution >= 0.6 is 11.3 Å². The van der Waals surface area contributed by atoms with Crippen molar-refractivity contribution in [3.05, 3.63) is 70.4 Å². The maximum Gasteiger partial charge on any atom is 0.269 e. The monoisotopic (exact) mass is 433 g/mol. The van der Waals surface area contributed by atoms with Crippen molar-refractivity contribution in [3.63, 3.8) is 0 Å². The molecule has 0 aliphatic rings. The number of nitro groups is 1. The first-order valence-corrected chi connectivity index (χ1v) is 10.5. The molecule has 1 heterocycles. The van der Waals surface area contributed by atoms with E-state index in [-0.39, 0.29) is 26.5 Å². The first-order valence-electron chi connectivity index (χ1n) is 8.20. The molecule has 0 unspecified atom stereocenters. The fourth-order valence-electron chi connectivity index (χ4n) is 2.24. The summed E-state index contributed by atoms with van der Waals surface area (Å²) < 4.78 is 30.5. The Labute approximate surface area is 170 Å². The second-order valence-corrected chi connectivity index (χ2v) is 9.10. The van der Waals surface area contributed by atoms with Crippen LogP contribution in [0.25, 0.3) is 0 Å². The molecule has 0 bridgehead atoms. The number of rotatable bonds is 7. The maximum absolute atomic E-state index is 12.6. The van der Waals surface area contributed by atoms with Gasteiger partial charge in [-0.2, -0.15) is 0 Å². The van der Waals surface area contributed by atoms with Crippen LogP contribution in [0, 0.1) is 17.0 Å². The summed E-state index contributed by atoms with van der Waals surface area (Å²) in [6, 6.07) is 11.7. The van der Waals surface area contributed by atoms with Crippen LogP contribution in [0.5, 0.6) is 5.75 Å². The minimum atomic E-state index is -3.90. The van der Waals surface area contributed by atoms with Crippen molar-refractivity contribution in [1.82, 2.24) is 4.98 Å². The molecule has 0 aliphatic heterocycles. The standard InChI is InChI=1S/C18H15N3O6S2/c1-12-2-6-14(7-3-12)27-11-16(22)20-18-19-10-17(28-18)29(25,26)15-8-4-13(5-9-15)21(23)24/h2-10H,11H2,1H3,(H,19,20,22). The number of nitro benzene ring substituents is 1. The number of aryl methyl sites for hydroxylation is 1. The lowest BCUT2D eigenvalue weighted by molar-refractivity contribution is -0.384. The van der Waals surface area contributed by atoms with E-state index >= 15 is 0 Å². The van der Waals surface area contributed by atoms with Gasteiger partial charge < -0.3 is 4.74 Å². The van der Waals surface area contributed by atoms with Gasteiger partial charge in [-0.05, 0) is 31.2 Å². The van der Waals surface area contributed by atoms with E-state index in [9.17, 15) is 23.3 Å². The molecule has 1 amide bonds. The lowest BCUT2D eigenvalue weighted by atomic mass is 10.2. The average molecular weight is 433 g/mol. The van der Waals surface area contributed by atoms with Crippen molar-refractivity contribution < 1.29 is 22.9 Å². The van der Waals surface area contributed by atoms with Gasteiger partial charge >= 0.3 is 0 Å². The zero-order chi connectivity index (χ0) is 21.0. The molecule has 0 spiro atoms. The molecular weight excluding hydrogens is 418 g/mol. The Morgan fingerprint density at radius 1 is 1.17 bits per heavy atom. The summed E-state index contributed by atoms with van der Waals surface area (Å²) in [5.41, 5.74) is 0.848. The highest BCUT2D eigenvalue weighted by Gasteiger charge is 2.22. The number of hydrogen-bond acceptors (Lipinski definition) is 8. The summed E-state index contributed by atoms with van der Waals surface area (Å²) in [7, 11) is -3.90. The van der Waals surface area contributed by atoms with Gasteiger partial charge in [0.25, 0.3) is 11.6 Å². The number of ether oxygens (including phenoxy) is 1. The number of benzene rings is 2. The minimum absolute atomic E-state index is 0.0962. The number of aromatic nitrogens is 1. The molecule has 0 fully saturated rings. The van der Waals surface area contributed by atoms with E-state index in [1.807, 2.05) is 19.1 Å². The Bertz CT molecular complexity index is 1140. The number of nitrogens with one attached hydrogen (secondary N) is 1. The van der Waals surface area contributed by atoms with Crippen molar-refractivity contribution in [1.29, 1.82) is 0 Å². The summed E-state index contributed by atoms with van der Waals surface area (Å²) in [5, 5.41) is 13.3. The van der Waals surface area contributed by atoms with E-state index in [0.29, 0.717) is 5.75 Å². The summed E-state index contributed by atoms with van der Waals surface area (Å²) in [4.78, 5) is 25.9. The van der Waals surface area contributed by atoms with Crippen LogP contribution in [0.1, 0.15) is 5.56 Å². The van der Waals surface area contributed by atoms with E-state index < -0.39 is 20.7 Å². The summed E-state index contributed by atoms with van der Waals surface area (Å²) in [6.07, 6.45) is 1.12. The van der Waals surface area contributed by atoms with Crippen LogP contribution in [-0.2, 0) is 14.6 Å². The first-order chi connectivity index (χ1) is 13.8. The second kappa shape index (κ2) is 8.37. The van der Waals surface area contributed by atoms with Gasteiger partial charge in [-0.15, -0.1) is 0 Å².